The number of amides is 3. The van der Waals surface area contributed by atoms with Gasteiger partial charge in [-0.15, -0.1) is 0 Å². The third-order valence-electron chi connectivity index (χ3n) is 8.53. The maximum atomic E-state index is 12.9. The first-order valence-electron chi connectivity index (χ1n) is 13.7. The Hall–Kier alpha value is -3.74. The predicted octanol–water partition coefficient (Wildman–Crippen LogP) is 0.739. The summed E-state index contributed by atoms with van der Waals surface area (Å²) in [4.78, 5) is 52.0. The number of nitrogens with one attached hydrogen (secondary N) is 2. The summed E-state index contributed by atoms with van der Waals surface area (Å²) < 4.78 is 13.5. The molecule has 5 aliphatic rings. The highest BCUT2D eigenvalue weighted by atomic mass is 16.6. The van der Waals surface area contributed by atoms with Crippen molar-refractivity contribution in [3.63, 3.8) is 0 Å². The molecule has 5 heterocycles. The van der Waals surface area contributed by atoms with Crippen LogP contribution in [0.2, 0.25) is 0 Å². The van der Waals surface area contributed by atoms with E-state index >= 15 is 0 Å². The van der Waals surface area contributed by atoms with Crippen LogP contribution >= 0.6 is 0 Å². The number of hydrogen-bond acceptors (Lipinski definition) is 9. The molecule has 39 heavy (non-hydrogen) atoms. The highest BCUT2D eigenvalue weighted by Gasteiger charge is 2.65. The fourth-order valence-corrected chi connectivity index (χ4v) is 5.82. The summed E-state index contributed by atoms with van der Waals surface area (Å²) in [6, 6.07) is 0.268. The Morgan fingerprint density at radius 1 is 1.26 bits per heavy atom. The average Bonchev–Trinajstić information content (AvgIpc) is 3.78. The van der Waals surface area contributed by atoms with Gasteiger partial charge in [0.25, 0.3) is 11.8 Å². The van der Waals surface area contributed by atoms with E-state index in [9.17, 15) is 14.4 Å². The van der Waals surface area contributed by atoms with Crippen LogP contribution in [0.15, 0.2) is 18.0 Å². The molecule has 206 valence electrons. The van der Waals surface area contributed by atoms with E-state index in [0.717, 1.165) is 37.7 Å². The molecule has 3 aliphatic heterocycles. The molecule has 2 saturated heterocycles. The van der Waals surface area contributed by atoms with E-state index < -0.39 is 23.5 Å². The molecule has 4 N–H and O–H groups in total. The standard InChI is InChI=1S/C26H32N8O5/c1-25(10-15-11-26(15,39-25)23(36)30-16-3-4-16)34-13-29-19-20(27)31-18(32-21(19)34)5-2-14-6-8-33(9-7-14)24(37)38-17-12-28-22(17)35/h10,13-14,16-17H,2-9,11-12H2,1H3,(H,28,35)(H,30,36)(H2,27,31,32)/t17?,25?,26-/m0/s1. The SMILES string of the molecule is CC1(n2cnc3c(N)nc(CCC4CCN(C(=O)OC5CNC5=O)CC4)nc32)C=C2C[C@]2(C(=O)NC2CC2)O1. The molecule has 4 fully saturated rings. The number of hydrogen-bond donors (Lipinski definition) is 3. The van der Waals surface area contributed by atoms with Crippen molar-refractivity contribution in [1.82, 2.24) is 35.1 Å². The summed E-state index contributed by atoms with van der Waals surface area (Å²) >= 11 is 0. The second-order valence-corrected chi connectivity index (χ2v) is 11.5. The third kappa shape index (κ3) is 4.19. The molecule has 0 spiro atoms. The summed E-state index contributed by atoms with van der Waals surface area (Å²) in [7, 11) is 0. The van der Waals surface area contributed by atoms with Crippen LogP contribution < -0.4 is 16.4 Å². The molecule has 3 atom stereocenters. The Labute approximate surface area is 224 Å². The summed E-state index contributed by atoms with van der Waals surface area (Å²) in [5.41, 5.74) is 6.56. The number of nitrogens with two attached hydrogens (primary N) is 1. The minimum absolute atomic E-state index is 0.0629. The number of fused-ring (bicyclic) bond motifs is 2. The first kappa shape index (κ1) is 24.3. The molecule has 13 heteroatoms. The first-order chi connectivity index (χ1) is 18.7. The number of nitrogen functional groups attached to an aromatic ring is 1. The third-order valence-corrected chi connectivity index (χ3v) is 8.53. The average molecular weight is 537 g/mol. The quantitative estimate of drug-likeness (QED) is 0.342. The van der Waals surface area contributed by atoms with E-state index in [-0.39, 0.29) is 17.9 Å². The second-order valence-electron chi connectivity index (χ2n) is 11.5. The molecule has 0 aromatic carbocycles. The van der Waals surface area contributed by atoms with Crippen LogP contribution in [-0.4, -0.2) is 79.7 Å². The second kappa shape index (κ2) is 8.63. The number of imidazole rings is 1. The van der Waals surface area contributed by atoms with Crippen LogP contribution in [-0.2, 0) is 31.2 Å². The minimum atomic E-state index is -0.900. The fraction of sp³-hybridized carbons (Fsp3) is 0.615. The van der Waals surface area contributed by atoms with Gasteiger partial charge in [0.05, 0.1) is 12.9 Å². The minimum Gasteiger partial charge on any atom is -0.434 e. The van der Waals surface area contributed by atoms with Crippen LogP contribution in [0, 0.1) is 5.92 Å². The van der Waals surface area contributed by atoms with Gasteiger partial charge in [0.2, 0.25) is 0 Å². The van der Waals surface area contributed by atoms with E-state index in [1.807, 2.05) is 17.6 Å². The van der Waals surface area contributed by atoms with Gasteiger partial charge in [0.15, 0.2) is 28.9 Å². The summed E-state index contributed by atoms with van der Waals surface area (Å²) in [5, 5.41) is 5.64. The fourth-order valence-electron chi connectivity index (χ4n) is 5.82. The molecule has 2 unspecified atom stereocenters. The van der Waals surface area contributed by atoms with E-state index in [2.05, 4.69) is 20.6 Å². The Morgan fingerprint density at radius 2 is 2.05 bits per heavy atom. The lowest BCUT2D eigenvalue weighted by molar-refractivity contribution is -0.150. The zero-order valence-corrected chi connectivity index (χ0v) is 21.8. The van der Waals surface area contributed by atoms with Crippen LogP contribution in [0.25, 0.3) is 11.2 Å². The van der Waals surface area contributed by atoms with Crippen LogP contribution in [0.5, 0.6) is 0 Å². The number of nitrogens with zero attached hydrogens (tertiary/aromatic N) is 5. The van der Waals surface area contributed by atoms with E-state index in [1.54, 1.807) is 11.2 Å². The lowest BCUT2D eigenvalue weighted by Crippen LogP contribution is -2.56. The number of carbonyl (C=O) groups is 3. The maximum absolute atomic E-state index is 12.9. The Balaban J connectivity index is 0.999. The number of aryl methyl sites for hydroxylation is 1. The highest BCUT2D eigenvalue weighted by Crippen LogP contribution is 2.57. The number of piperidine rings is 1. The topological polar surface area (TPSA) is 167 Å². The van der Waals surface area contributed by atoms with E-state index in [4.69, 9.17) is 20.2 Å². The number of likely N-dealkylation sites (tertiary alicyclic amines) is 1. The van der Waals surface area contributed by atoms with Gasteiger partial charge in [0.1, 0.15) is 11.3 Å². The number of aromatic nitrogens is 4. The molecule has 0 bridgehead atoms. The molecule has 2 aromatic heterocycles. The lowest BCUT2D eigenvalue weighted by Gasteiger charge is -2.33. The van der Waals surface area contributed by atoms with Gasteiger partial charge in [-0.05, 0) is 56.6 Å². The molecular weight excluding hydrogens is 504 g/mol. The van der Waals surface area contributed by atoms with Gasteiger partial charge >= 0.3 is 6.09 Å². The van der Waals surface area contributed by atoms with E-state index in [1.165, 1.54) is 0 Å². The van der Waals surface area contributed by atoms with Crippen molar-refractivity contribution in [2.24, 2.45) is 5.92 Å². The molecule has 3 amide bonds. The summed E-state index contributed by atoms with van der Waals surface area (Å²) in [6.07, 6.45) is 8.39. The molecule has 2 aromatic rings. The van der Waals surface area contributed by atoms with Gasteiger partial charge in [0, 0.05) is 32.0 Å². The van der Waals surface area contributed by atoms with Crippen molar-refractivity contribution in [3.8, 4) is 0 Å². The maximum Gasteiger partial charge on any atom is 0.410 e. The van der Waals surface area contributed by atoms with Gasteiger partial charge in [-0.3, -0.25) is 14.2 Å². The normalized spacial score (nSPS) is 29.9. The van der Waals surface area contributed by atoms with Gasteiger partial charge in [-0.1, -0.05) is 0 Å². The number of carbonyl (C=O) groups excluding carboxylic acids is 3. The zero-order valence-electron chi connectivity index (χ0n) is 21.8. The number of anilines is 1. The largest absolute Gasteiger partial charge is 0.434 e. The molecule has 2 aliphatic carbocycles. The van der Waals surface area contributed by atoms with Gasteiger partial charge < -0.3 is 30.7 Å². The summed E-state index contributed by atoms with van der Waals surface area (Å²) in [6.45, 7) is 3.47. The Kier molecular flexibility index (Phi) is 5.38. The van der Waals surface area contributed by atoms with Crippen LogP contribution in [0.3, 0.4) is 0 Å². The Bertz CT molecular complexity index is 1410. The highest BCUT2D eigenvalue weighted by molar-refractivity contribution is 5.95. The first-order valence-corrected chi connectivity index (χ1v) is 13.7. The monoisotopic (exact) mass is 536 g/mol. The van der Waals surface area contributed by atoms with Crippen molar-refractivity contribution in [1.29, 1.82) is 0 Å². The van der Waals surface area contributed by atoms with Crippen LogP contribution in [0.4, 0.5) is 10.6 Å². The zero-order chi connectivity index (χ0) is 26.9. The number of β-lactam (4-membered cyclic amide) rings is 1. The molecular formula is C26H32N8O5. The lowest BCUT2D eigenvalue weighted by atomic mass is 9.92. The molecule has 2 saturated carbocycles. The van der Waals surface area contributed by atoms with Gasteiger partial charge in [-0.25, -0.2) is 19.7 Å². The molecule has 13 nitrogen and oxygen atoms in total. The number of ether oxygens (including phenoxy) is 2. The molecule has 0 radical (unpaired) electrons. The van der Waals surface area contributed by atoms with Crippen molar-refractivity contribution in [2.45, 2.75) is 75.3 Å². The van der Waals surface area contributed by atoms with E-state index in [0.29, 0.717) is 61.2 Å². The van der Waals surface area contributed by atoms with Crippen molar-refractivity contribution in [3.05, 3.63) is 23.8 Å². The van der Waals surface area contributed by atoms with Crippen LogP contribution in [0.1, 0.15) is 51.3 Å². The summed E-state index contributed by atoms with van der Waals surface area (Å²) in [5.74, 6) is 1.04. The van der Waals surface area contributed by atoms with Crippen molar-refractivity contribution < 1.29 is 23.9 Å². The Morgan fingerprint density at radius 3 is 2.74 bits per heavy atom. The van der Waals surface area contributed by atoms with Crippen molar-refractivity contribution >= 4 is 34.9 Å². The smallest absolute Gasteiger partial charge is 0.410 e. The predicted molar refractivity (Wildman–Crippen MR) is 137 cm³/mol. The number of rotatable bonds is 7. The van der Waals surface area contributed by atoms with Gasteiger partial charge in [-0.2, -0.15) is 0 Å². The van der Waals surface area contributed by atoms with Crippen molar-refractivity contribution in [2.75, 3.05) is 25.4 Å². The molecule has 7 rings (SSSR count).